The number of halogens is 1. The van der Waals surface area contributed by atoms with Crippen LogP contribution in [0.4, 0.5) is 0 Å². The van der Waals surface area contributed by atoms with Gasteiger partial charge in [0.25, 0.3) is 9.05 Å². The lowest BCUT2D eigenvalue weighted by molar-refractivity contribution is 0.00584. The van der Waals surface area contributed by atoms with Crippen LogP contribution in [0.1, 0.15) is 55.7 Å². The molecule has 0 atom stereocenters. The zero-order valence-corrected chi connectivity index (χ0v) is 12.4. The maximum absolute atomic E-state index is 12.0. The first-order valence-electron chi connectivity index (χ1n) is 5.86. The quantitative estimate of drug-likeness (QED) is 0.683. The fourth-order valence-electron chi connectivity index (χ4n) is 1.71. The van der Waals surface area contributed by atoms with Crippen molar-refractivity contribution in [3.8, 4) is 0 Å². The summed E-state index contributed by atoms with van der Waals surface area (Å²) < 4.78 is 28.4. The highest BCUT2D eigenvalue weighted by Gasteiger charge is 2.37. The molecule has 1 aliphatic rings. The van der Waals surface area contributed by atoms with Gasteiger partial charge in [0.05, 0.1) is 5.69 Å². The summed E-state index contributed by atoms with van der Waals surface area (Å²) in [4.78, 5) is 11.7. The van der Waals surface area contributed by atoms with Gasteiger partial charge in [0.15, 0.2) is 5.69 Å². The second kappa shape index (κ2) is 4.49. The number of esters is 1. The second-order valence-corrected chi connectivity index (χ2v) is 8.03. The Bertz CT molecular complexity index is 611. The minimum Gasteiger partial charge on any atom is -0.455 e. The monoisotopic (exact) mass is 306 g/mol. The van der Waals surface area contributed by atoms with Crippen molar-refractivity contribution in [2.24, 2.45) is 0 Å². The van der Waals surface area contributed by atoms with Crippen molar-refractivity contribution < 1.29 is 17.9 Å². The molecule has 19 heavy (non-hydrogen) atoms. The number of hydrogen-bond donors (Lipinski definition) is 1. The molecule has 6 nitrogen and oxygen atoms in total. The highest BCUT2D eigenvalue weighted by atomic mass is 35.7. The standard InChI is InChI=1S/C11H15ClN2O4S/c1-11(2,3)18-10(15)8-9(19(12,16)17)7(13-14-8)6-4-5-6/h6H,4-5H2,1-3H3,(H,13,14). The van der Waals surface area contributed by atoms with Gasteiger partial charge in [0.1, 0.15) is 10.5 Å². The van der Waals surface area contributed by atoms with Crippen LogP contribution in [0.15, 0.2) is 4.90 Å². The number of rotatable bonds is 3. The third-order valence-corrected chi connectivity index (χ3v) is 3.93. The highest BCUT2D eigenvalue weighted by molar-refractivity contribution is 8.13. The van der Waals surface area contributed by atoms with E-state index in [0.717, 1.165) is 12.8 Å². The number of H-pyrrole nitrogens is 1. The van der Waals surface area contributed by atoms with Gasteiger partial charge < -0.3 is 4.74 Å². The molecule has 1 aromatic rings. The summed E-state index contributed by atoms with van der Waals surface area (Å²) in [5.41, 5.74) is -0.606. The van der Waals surface area contributed by atoms with Gasteiger partial charge in [0.2, 0.25) is 0 Å². The van der Waals surface area contributed by atoms with Crippen molar-refractivity contribution in [3.05, 3.63) is 11.4 Å². The van der Waals surface area contributed by atoms with Crippen LogP contribution < -0.4 is 0 Å². The molecule has 0 spiro atoms. The van der Waals surface area contributed by atoms with Crippen LogP contribution in [0, 0.1) is 0 Å². The lowest BCUT2D eigenvalue weighted by Crippen LogP contribution is -2.25. The number of aromatic nitrogens is 2. The zero-order valence-electron chi connectivity index (χ0n) is 10.9. The van der Waals surface area contributed by atoms with Gasteiger partial charge in [-0.2, -0.15) is 5.10 Å². The van der Waals surface area contributed by atoms with Gasteiger partial charge in [-0.05, 0) is 33.6 Å². The summed E-state index contributed by atoms with van der Waals surface area (Å²) >= 11 is 0. The first kappa shape index (κ1) is 14.3. The first-order chi connectivity index (χ1) is 8.59. The molecule has 0 radical (unpaired) electrons. The number of ether oxygens (including phenoxy) is 1. The van der Waals surface area contributed by atoms with Gasteiger partial charge >= 0.3 is 5.97 Å². The molecule has 0 amide bonds. The maximum atomic E-state index is 12.0. The molecule has 0 aliphatic heterocycles. The molecule has 1 aliphatic carbocycles. The van der Waals surface area contributed by atoms with Crippen LogP contribution in [-0.2, 0) is 13.8 Å². The van der Waals surface area contributed by atoms with Gasteiger partial charge in [-0.25, -0.2) is 13.2 Å². The van der Waals surface area contributed by atoms with Crippen LogP contribution in [-0.4, -0.2) is 30.2 Å². The van der Waals surface area contributed by atoms with Crippen LogP contribution in [0.2, 0.25) is 0 Å². The molecule has 0 bridgehead atoms. The van der Waals surface area contributed by atoms with E-state index >= 15 is 0 Å². The van der Waals surface area contributed by atoms with Crippen LogP contribution >= 0.6 is 10.7 Å². The van der Waals surface area contributed by atoms with Crippen molar-refractivity contribution in [1.82, 2.24) is 10.2 Å². The smallest absolute Gasteiger partial charge is 0.360 e. The molecule has 8 heteroatoms. The van der Waals surface area contributed by atoms with E-state index in [1.165, 1.54) is 0 Å². The Hall–Kier alpha value is -1.08. The topological polar surface area (TPSA) is 89.1 Å². The SMILES string of the molecule is CC(C)(C)OC(=O)c1n[nH]c(C2CC2)c1S(=O)(=O)Cl. The van der Waals surface area contributed by atoms with Crippen molar-refractivity contribution in [3.63, 3.8) is 0 Å². The van der Waals surface area contributed by atoms with E-state index < -0.39 is 20.6 Å². The third-order valence-electron chi connectivity index (χ3n) is 2.57. The molecule has 1 saturated carbocycles. The lowest BCUT2D eigenvalue weighted by Gasteiger charge is -2.18. The van der Waals surface area contributed by atoms with E-state index in [9.17, 15) is 13.2 Å². The Morgan fingerprint density at radius 3 is 2.42 bits per heavy atom. The summed E-state index contributed by atoms with van der Waals surface area (Å²) in [6.45, 7) is 5.07. The van der Waals surface area contributed by atoms with Crippen molar-refractivity contribution in [2.45, 2.75) is 50.0 Å². The van der Waals surface area contributed by atoms with E-state index in [2.05, 4.69) is 10.2 Å². The summed E-state index contributed by atoms with van der Waals surface area (Å²) in [5, 5.41) is 6.36. The number of carbonyl (C=O) groups excluding carboxylic acids is 1. The molecule has 1 fully saturated rings. The predicted molar refractivity (Wildman–Crippen MR) is 68.8 cm³/mol. The number of aromatic amines is 1. The van der Waals surface area contributed by atoms with Crippen LogP contribution in [0.3, 0.4) is 0 Å². The number of nitrogens with one attached hydrogen (secondary N) is 1. The van der Waals surface area contributed by atoms with Gasteiger partial charge in [-0.15, -0.1) is 0 Å². The highest BCUT2D eigenvalue weighted by Crippen LogP contribution is 2.43. The summed E-state index contributed by atoms with van der Waals surface area (Å²) in [5.74, 6) is -0.720. The molecule has 0 saturated heterocycles. The minimum atomic E-state index is -4.05. The molecular weight excluding hydrogens is 292 g/mol. The number of carbonyl (C=O) groups is 1. The molecule has 1 aromatic heterocycles. The Morgan fingerprint density at radius 2 is 2.00 bits per heavy atom. The number of nitrogens with zero attached hydrogens (tertiary/aromatic N) is 1. The van der Waals surface area contributed by atoms with Gasteiger partial charge in [-0.3, -0.25) is 5.10 Å². The van der Waals surface area contributed by atoms with Crippen LogP contribution in [0.25, 0.3) is 0 Å². The maximum Gasteiger partial charge on any atom is 0.360 e. The molecule has 0 unspecified atom stereocenters. The van der Waals surface area contributed by atoms with E-state index in [4.69, 9.17) is 15.4 Å². The van der Waals surface area contributed by atoms with E-state index in [0.29, 0.717) is 5.69 Å². The number of hydrogen-bond acceptors (Lipinski definition) is 5. The Labute approximate surface area is 115 Å². The fraction of sp³-hybridized carbons (Fsp3) is 0.636. The van der Waals surface area contributed by atoms with Crippen molar-refractivity contribution in [2.75, 3.05) is 0 Å². The van der Waals surface area contributed by atoms with E-state index in [-0.39, 0.29) is 16.5 Å². The lowest BCUT2D eigenvalue weighted by atomic mass is 10.2. The van der Waals surface area contributed by atoms with E-state index in [1.807, 2.05) is 0 Å². The first-order valence-corrected chi connectivity index (χ1v) is 8.17. The van der Waals surface area contributed by atoms with Crippen molar-refractivity contribution >= 4 is 25.7 Å². The predicted octanol–water partition coefficient (Wildman–Crippen LogP) is 2.17. The molecule has 2 rings (SSSR count). The molecule has 106 valence electrons. The van der Waals surface area contributed by atoms with Gasteiger partial charge in [-0.1, -0.05) is 0 Å². The largest absolute Gasteiger partial charge is 0.455 e. The van der Waals surface area contributed by atoms with Gasteiger partial charge in [0, 0.05) is 16.6 Å². The Kier molecular flexibility index (Phi) is 3.38. The molecule has 0 aromatic carbocycles. The Balaban J connectivity index is 2.44. The third kappa shape index (κ3) is 3.27. The zero-order chi connectivity index (χ0) is 14.4. The molecular formula is C11H15ClN2O4S. The molecule has 1 heterocycles. The summed E-state index contributed by atoms with van der Waals surface area (Å²) in [6, 6.07) is 0. The summed E-state index contributed by atoms with van der Waals surface area (Å²) in [7, 11) is 1.35. The Morgan fingerprint density at radius 1 is 1.42 bits per heavy atom. The molecule has 1 N–H and O–H groups in total. The van der Waals surface area contributed by atoms with Crippen molar-refractivity contribution in [1.29, 1.82) is 0 Å². The fourth-order valence-corrected chi connectivity index (χ4v) is 3.01. The average molecular weight is 307 g/mol. The minimum absolute atomic E-state index is 0.0761. The average Bonchev–Trinajstić information content (AvgIpc) is 2.92. The normalized spacial score (nSPS) is 16.4. The second-order valence-electron chi connectivity index (χ2n) is 5.53. The van der Waals surface area contributed by atoms with E-state index in [1.54, 1.807) is 20.8 Å². The van der Waals surface area contributed by atoms with Crippen LogP contribution in [0.5, 0.6) is 0 Å². The summed E-state index contributed by atoms with van der Waals surface area (Å²) in [6.07, 6.45) is 1.71.